The van der Waals surface area contributed by atoms with Crippen LogP contribution >= 0.6 is 12.8 Å². The molecular formula is C9H12NOS+. The van der Waals surface area contributed by atoms with Gasteiger partial charge >= 0.3 is 5.91 Å². The smallest absolute Gasteiger partial charge is 0.225 e. The molecule has 2 nitrogen and oxygen atoms in total. The highest BCUT2D eigenvalue weighted by molar-refractivity contribution is 7.73. The quantitative estimate of drug-likeness (QED) is 0.620. The first-order valence-corrected chi connectivity index (χ1v) is 4.26. The minimum atomic E-state index is -0.0282. The van der Waals surface area contributed by atoms with Crippen LogP contribution in [0.5, 0.6) is 0 Å². The molecule has 0 aliphatic heterocycles. The van der Waals surface area contributed by atoms with Crippen LogP contribution in [-0.2, 0) is 0 Å². The molecule has 0 aliphatic rings. The summed E-state index contributed by atoms with van der Waals surface area (Å²) < 4.78 is 1.29. The van der Waals surface area contributed by atoms with Gasteiger partial charge in [0.15, 0.2) is 0 Å². The molecule has 0 saturated carbocycles. The van der Waals surface area contributed by atoms with Crippen molar-refractivity contribution in [1.82, 2.24) is 0 Å². The second-order valence-electron chi connectivity index (χ2n) is 2.74. The number of thiol groups is 1. The van der Waals surface area contributed by atoms with E-state index in [0.29, 0.717) is 0 Å². The molecule has 3 heteroatoms. The molecule has 1 amide bonds. The van der Waals surface area contributed by atoms with Crippen LogP contribution in [-0.4, -0.2) is 5.91 Å². The summed E-state index contributed by atoms with van der Waals surface area (Å²) in [5, 5.41) is 0. The summed E-state index contributed by atoms with van der Waals surface area (Å²) in [6.07, 6.45) is 0. The van der Waals surface area contributed by atoms with Crippen LogP contribution in [0.4, 0.5) is 0 Å². The van der Waals surface area contributed by atoms with Crippen molar-refractivity contribution in [1.29, 1.82) is 0 Å². The molecule has 0 aromatic heterocycles. The molecule has 1 aromatic rings. The number of hydrogen-bond acceptors (Lipinski definition) is 2. The maximum Gasteiger partial charge on any atom is 0.354 e. The van der Waals surface area contributed by atoms with Gasteiger partial charge in [-0.2, -0.15) is 0 Å². The summed E-state index contributed by atoms with van der Waals surface area (Å²) in [4.78, 5) is 11.3. The van der Waals surface area contributed by atoms with E-state index in [1.54, 1.807) is 0 Å². The summed E-state index contributed by atoms with van der Waals surface area (Å²) in [5.41, 5.74) is 2.91. The van der Waals surface area contributed by atoms with E-state index >= 15 is 0 Å². The zero-order chi connectivity index (χ0) is 9.14. The number of benzene rings is 1. The third kappa shape index (κ3) is 1.68. The number of carbonyl (C=O) groups is 1. The van der Waals surface area contributed by atoms with Gasteiger partial charge in [0.05, 0.1) is 18.4 Å². The van der Waals surface area contributed by atoms with Gasteiger partial charge in [0.2, 0.25) is 0 Å². The second-order valence-corrected chi connectivity index (χ2v) is 3.00. The third-order valence-electron chi connectivity index (χ3n) is 1.99. The number of quaternary nitrogens is 1. The highest BCUT2D eigenvalue weighted by atomic mass is 32.1. The maximum absolute atomic E-state index is 11.3. The number of hydrogen-bond donors (Lipinski definition) is 2. The van der Waals surface area contributed by atoms with Crippen LogP contribution < -0.4 is 4.72 Å². The number of nitrogens with two attached hydrogens (primary N) is 1. The molecule has 0 unspecified atom stereocenters. The molecule has 0 heterocycles. The largest absolute Gasteiger partial charge is 0.354 e. The molecule has 12 heavy (non-hydrogen) atoms. The minimum Gasteiger partial charge on any atom is -0.225 e. The molecule has 1 aromatic carbocycles. The van der Waals surface area contributed by atoms with Crippen LogP contribution in [0, 0.1) is 13.8 Å². The van der Waals surface area contributed by atoms with E-state index in [-0.39, 0.29) is 5.91 Å². The van der Waals surface area contributed by atoms with Crippen molar-refractivity contribution >= 4 is 18.7 Å². The van der Waals surface area contributed by atoms with E-state index < -0.39 is 0 Å². The molecule has 0 radical (unpaired) electrons. The third-order valence-corrected chi connectivity index (χ3v) is 2.22. The Kier molecular flexibility index (Phi) is 2.89. The normalized spacial score (nSPS) is 9.92. The molecule has 0 fully saturated rings. The van der Waals surface area contributed by atoms with Crippen LogP contribution in [0.25, 0.3) is 0 Å². The lowest BCUT2D eigenvalue weighted by Crippen LogP contribution is -2.77. The average Bonchev–Trinajstić information content (AvgIpc) is 2.08. The molecule has 0 spiro atoms. The number of primary amides is 1. The van der Waals surface area contributed by atoms with Crippen molar-refractivity contribution in [2.45, 2.75) is 13.8 Å². The predicted molar refractivity (Wildman–Crippen MR) is 51.2 cm³/mol. The van der Waals surface area contributed by atoms with Gasteiger partial charge in [-0.15, -0.1) is 0 Å². The Bertz CT molecular complexity index is 309. The van der Waals surface area contributed by atoms with Gasteiger partial charge < -0.3 is 0 Å². The van der Waals surface area contributed by atoms with Gasteiger partial charge in [0.1, 0.15) is 0 Å². The predicted octanol–water partition coefficient (Wildman–Crippen LogP) is 0.852. The van der Waals surface area contributed by atoms with Gasteiger partial charge in [-0.3, -0.25) is 0 Å². The van der Waals surface area contributed by atoms with E-state index in [9.17, 15) is 4.79 Å². The molecule has 2 N–H and O–H groups in total. The summed E-state index contributed by atoms with van der Waals surface area (Å²) in [6, 6.07) is 5.69. The van der Waals surface area contributed by atoms with Crippen LogP contribution in [0.2, 0.25) is 0 Å². The fourth-order valence-electron chi connectivity index (χ4n) is 1.09. The van der Waals surface area contributed by atoms with Crippen molar-refractivity contribution in [2.75, 3.05) is 0 Å². The Labute approximate surface area is 77.5 Å². The Morgan fingerprint density at radius 2 is 2.08 bits per heavy atom. The highest BCUT2D eigenvalue weighted by Crippen LogP contribution is 2.11. The zero-order valence-corrected chi connectivity index (χ0v) is 8.06. The molecule has 1 rings (SSSR count). The molecule has 0 saturated heterocycles. The molecule has 0 aliphatic carbocycles. The molecule has 64 valence electrons. The summed E-state index contributed by atoms with van der Waals surface area (Å²) in [6.45, 7) is 3.93. The van der Waals surface area contributed by atoms with E-state index in [2.05, 4.69) is 12.8 Å². The van der Waals surface area contributed by atoms with E-state index in [4.69, 9.17) is 0 Å². The van der Waals surface area contributed by atoms with Crippen molar-refractivity contribution < 1.29 is 9.52 Å². The van der Waals surface area contributed by atoms with Gasteiger partial charge in [-0.05, 0) is 31.0 Å². The zero-order valence-electron chi connectivity index (χ0n) is 7.16. The first kappa shape index (κ1) is 9.29. The number of aryl methyl sites for hydroxylation is 1. The summed E-state index contributed by atoms with van der Waals surface area (Å²) in [7, 11) is 0. The SMILES string of the molecule is Cc1cccc(C(=O)[NH2+]S)c1C. The lowest BCUT2D eigenvalue weighted by molar-refractivity contribution is -0.362. The molecule has 0 atom stereocenters. The van der Waals surface area contributed by atoms with Crippen molar-refractivity contribution in [3.63, 3.8) is 0 Å². The van der Waals surface area contributed by atoms with Crippen molar-refractivity contribution in [3.8, 4) is 0 Å². The van der Waals surface area contributed by atoms with Crippen LogP contribution in [0.1, 0.15) is 21.5 Å². The topological polar surface area (TPSA) is 33.7 Å². The van der Waals surface area contributed by atoms with Crippen LogP contribution in [0.15, 0.2) is 18.2 Å². The van der Waals surface area contributed by atoms with Gasteiger partial charge in [-0.25, -0.2) is 9.52 Å². The van der Waals surface area contributed by atoms with Gasteiger partial charge in [0.25, 0.3) is 0 Å². The fourth-order valence-corrected chi connectivity index (χ4v) is 1.23. The molecule has 0 bridgehead atoms. The summed E-state index contributed by atoms with van der Waals surface area (Å²) >= 11 is 3.83. The Balaban J connectivity index is 3.16. The Morgan fingerprint density at radius 3 is 2.67 bits per heavy atom. The Hall–Kier alpha value is -0.800. The lowest BCUT2D eigenvalue weighted by Gasteiger charge is -2.02. The first-order chi connectivity index (χ1) is 5.66. The fraction of sp³-hybridized carbons (Fsp3) is 0.222. The van der Waals surface area contributed by atoms with Gasteiger partial charge in [0, 0.05) is 0 Å². The van der Waals surface area contributed by atoms with E-state index in [1.165, 1.54) is 4.72 Å². The monoisotopic (exact) mass is 182 g/mol. The van der Waals surface area contributed by atoms with Crippen molar-refractivity contribution in [2.24, 2.45) is 0 Å². The first-order valence-electron chi connectivity index (χ1n) is 3.75. The molecular weight excluding hydrogens is 170 g/mol. The minimum absolute atomic E-state index is 0.0282. The van der Waals surface area contributed by atoms with Crippen molar-refractivity contribution in [3.05, 3.63) is 34.9 Å². The maximum atomic E-state index is 11.3. The Morgan fingerprint density at radius 1 is 1.42 bits per heavy atom. The number of rotatable bonds is 1. The summed E-state index contributed by atoms with van der Waals surface area (Å²) in [5.74, 6) is -0.0282. The van der Waals surface area contributed by atoms with E-state index in [0.717, 1.165) is 16.7 Å². The van der Waals surface area contributed by atoms with Gasteiger partial charge in [-0.1, -0.05) is 12.1 Å². The second kappa shape index (κ2) is 3.74. The lowest BCUT2D eigenvalue weighted by atomic mass is 10.0. The average molecular weight is 182 g/mol. The van der Waals surface area contributed by atoms with E-state index in [1.807, 2.05) is 32.0 Å². The number of carbonyl (C=O) groups excluding carboxylic acids is 1. The highest BCUT2D eigenvalue weighted by Gasteiger charge is 2.11. The number of amides is 1. The van der Waals surface area contributed by atoms with Crippen LogP contribution in [0.3, 0.4) is 0 Å². The standard InChI is InChI=1S/C9H11NOS/c1-6-4-3-5-8(7(6)2)9(11)10-12/h3-5,12H,1-2H3,(H,10,11)/p+1.